The number of sulfone groups is 1. The molecule has 0 spiro atoms. The minimum Gasteiger partial charge on any atom is -0.481 e. The van der Waals surface area contributed by atoms with Crippen LogP contribution >= 0.6 is 0 Å². The van der Waals surface area contributed by atoms with Crippen molar-refractivity contribution in [3.8, 4) is 0 Å². The van der Waals surface area contributed by atoms with Gasteiger partial charge in [-0.15, -0.1) is 0 Å². The Morgan fingerprint density at radius 3 is 2.75 bits per heavy atom. The first-order valence-corrected chi connectivity index (χ1v) is 8.47. The molecule has 1 heterocycles. The van der Waals surface area contributed by atoms with Gasteiger partial charge >= 0.3 is 5.97 Å². The van der Waals surface area contributed by atoms with Crippen LogP contribution in [0, 0.1) is 5.41 Å². The van der Waals surface area contributed by atoms with E-state index < -0.39 is 21.2 Å². The van der Waals surface area contributed by atoms with Crippen molar-refractivity contribution < 1.29 is 18.3 Å². The lowest BCUT2D eigenvalue weighted by atomic mass is 10.1. The number of rotatable bonds is 8. The Morgan fingerprint density at radius 2 is 2.20 bits per heavy atom. The second kappa shape index (κ2) is 5.51. The third-order valence-electron chi connectivity index (χ3n) is 3.49. The van der Waals surface area contributed by atoms with Crippen LogP contribution in [-0.2, 0) is 26.9 Å². The monoisotopic (exact) mass is 301 g/mol. The molecule has 0 aromatic carbocycles. The number of carbonyl (C=O) groups is 1. The number of hydrogen-bond donors (Lipinski definition) is 1. The summed E-state index contributed by atoms with van der Waals surface area (Å²) >= 11 is 0. The van der Waals surface area contributed by atoms with E-state index in [9.17, 15) is 13.2 Å². The van der Waals surface area contributed by atoms with Crippen molar-refractivity contribution in [2.24, 2.45) is 5.41 Å². The van der Waals surface area contributed by atoms with Crippen molar-refractivity contribution in [1.29, 1.82) is 0 Å². The fourth-order valence-electron chi connectivity index (χ4n) is 2.38. The van der Waals surface area contributed by atoms with E-state index >= 15 is 0 Å². The number of aliphatic carboxylic acids is 1. The molecule has 0 radical (unpaired) electrons. The van der Waals surface area contributed by atoms with Crippen LogP contribution in [0.15, 0.2) is 6.33 Å². The first kappa shape index (κ1) is 15.0. The second-order valence-electron chi connectivity index (χ2n) is 5.50. The normalized spacial score (nSPS) is 17.1. The molecule has 0 unspecified atom stereocenters. The number of aromatic nitrogens is 3. The molecule has 0 aliphatic heterocycles. The van der Waals surface area contributed by atoms with Gasteiger partial charge in [0.1, 0.15) is 17.9 Å². The molecule has 1 aliphatic rings. The average Bonchev–Trinajstić information content (AvgIpc) is 2.89. The molecule has 7 nitrogen and oxygen atoms in total. The first-order chi connectivity index (χ1) is 9.36. The molecule has 0 amide bonds. The highest BCUT2D eigenvalue weighted by atomic mass is 32.2. The summed E-state index contributed by atoms with van der Waals surface area (Å²) in [6.07, 6.45) is 3.46. The van der Waals surface area contributed by atoms with Crippen LogP contribution in [0.4, 0.5) is 0 Å². The van der Waals surface area contributed by atoms with Crippen LogP contribution in [0.25, 0.3) is 0 Å². The Bertz CT molecular complexity index is 590. The van der Waals surface area contributed by atoms with Crippen LogP contribution in [0.1, 0.15) is 38.4 Å². The standard InChI is InChI=1S/C12H19N3O4S/c1-2-5-15-10(13-9-14-15)7-20(18,19)8-12(3-4-12)6-11(16)17/h9H,2-8H2,1H3,(H,16,17). The van der Waals surface area contributed by atoms with Crippen molar-refractivity contribution in [2.45, 2.75) is 44.9 Å². The van der Waals surface area contributed by atoms with Crippen LogP contribution in [0.3, 0.4) is 0 Å². The molecule has 0 bridgehead atoms. The Labute approximate surface area is 117 Å². The van der Waals surface area contributed by atoms with Gasteiger partial charge in [0.15, 0.2) is 9.84 Å². The van der Waals surface area contributed by atoms with E-state index in [1.165, 1.54) is 6.33 Å². The molecule has 0 atom stereocenters. The molecule has 20 heavy (non-hydrogen) atoms. The fraction of sp³-hybridized carbons (Fsp3) is 0.750. The highest BCUT2D eigenvalue weighted by Gasteiger charge is 2.47. The highest BCUT2D eigenvalue weighted by Crippen LogP contribution is 2.50. The van der Waals surface area contributed by atoms with Crippen molar-refractivity contribution in [3.05, 3.63) is 12.2 Å². The minimum absolute atomic E-state index is 0.0755. The summed E-state index contributed by atoms with van der Waals surface area (Å²) in [4.78, 5) is 14.8. The van der Waals surface area contributed by atoms with Gasteiger partial charge in [0.2, 0.25) is 0 Å². The SMILES string of the molecule is CCCn1ncnc1CS(=O)(=O)CC1(CC(=O)O)CC1. The predicted molar refractivity (Wildman–Crippen MR) is 71.7 cm³/mol. The summed E-state index contributed by atoms with van der Waals surface area (Å²) in [6, 6.07) is 0. The molecular formula is C12H19N3O4S. The van der Waals surface area contributed by atoms with E-state index in [-0.39, 0.29) is 17.9 Å². The molecule has 2 rings (SSSR count). The molecule has 1 saturated carbocycles. The van der Waals surface area contributed by atoms with E-state index in [1.807, 2.05) is 6.92 Å². The summed E-state index contributed by atoms with van der Waals surface area (Å²) in [5.41, 5.74) is -0.555. The maximum atomic E-state index is 12.2. The summed E-state index contributed by atoms with van der Waals surface area (Å²) in [7, 11) is -3.37. The zero-order valence-electron chi connectivity index (χ0n) is 11.4. The number of carboxylic acid groups (broad SMARTS) is 1. The van der Waals surface area contributed by atoms with E-state index in [4.69, 9.17) is 5.11 Å². The van der Waals surface area contributed by atoms with E-state index in [0.717, 1.165) is 6.42 Å². The molecule has 8 heteroatoms. The average molecular weight is 301 g/mol. The highest BCUT2D eigenvalue weighted by molar-refractivity contribution is 7.90. The van der Waals surface area contributed by atoms with Gasteiger partial charge in [0.05, 0.1) is 12.2 Å². The molecule has 1 N–H and O–H groups in total. The number of hydrogen-bond acceptors (Lipinski definition) is 5. The smallest absolute Gasteiger partial charge is 0.303 e. The zero-order chi connectivity index (χ0) is 14.8. The largest absolute Gasteiger partial charge is 0.481 e. The third-order valence-corrected chi connectivity index (χ3v) is 5.24. The van der Waals surface area contributed by atoms with Gasteiger partial charge in [0.25, 0.3) is 0 Å². The summed E-state index contributed by atoms with van der Waals surface area (Å²) in [5, 5.41) is 12.8. The van der Waals surface area contributed by atoms with Crippen LogP contribution in [0.2, 0.25) is 0 Å². The van der Waals surface area contributed by atoms with Gasteiger partial charge in [-0.05, 0) is 24.7 Å². The topological polar surface area (TPSA) is 102 Å². The molecule has 1 aromatic rings. The Hall–Kier alpha value is -1.44. The molecule has 1 aromatic heterocycles. The zero-order valence-corrected chi connectivity index (χ0v) is 12.3. The lowest BCUT2D eigenvalue weighted by molar-refractivity contribution is -0.138. The predicted octanol–water partition coefficient (Wildman–Crippen LogP) is 0.858. The molecule has 1 aliphatic carbocycles. The Balaban J connectivity index is 2.04. The third kappa shape index (κ3) is 3.78. The van der Waals surface area contributed by atoms with E-state index in [0.29, 0.717) is 25.2 Å². The van der Waals surface area contributed by atoms with Crippen LogP contribution < -0.4 is 0 Å². The van der Waals surface area contributed by atoms with Gasteiger partial charge in [-0.2, -0.15) is 5.10 Å². The second-order valence-corrected chi connectivity index (χ2v) is 7.57. The van der Waals surface area contributed by atoms with Crippen molar-refractivity contribution >= 4 is 15.8 Å². The van der Waals surface area contributed by atoms with Crippen LogP contribution in [0.5, 0.6) is 0 Å². The molecule has 0 saturated heterocycles. The molecule has 112 valence electrons. The van der Waals surface area contributed by atoms with Gasteiger partial charge in [-0.25, -0.2) is 18.1 Å². The summed E-state index contributed by atoms with van der Waals surface area (Å²) in [5.74, 6) is -0.760. The van der Waals surface area contributed by atoms with E-state index in [1.54, 1.807) is 4.68 Å². The van der Waals surface area contributed by atoms with Gasteiger partial charge in [0, 0.05) is 6.54 Å². The van der Waals surface area contributed by atoms with Crippen molar-refractivity contribution in [3.63, 3.8) is 0 Å². The minimum atomic E-state index is -3.37. The lowest BCUT2D eigenvalue weighted by Gasteiger charge is -2.13. The quantitative estimate of drug-likeness (QED) is 0.764. The van der Waals surface area contributed by atoms with Gasteiger partial charge < -0.3 is 5.11 Å². The fourth-order valence-corrected chi connectivity index (χ4v) is 4.43. The number of carboxylic acids is 1. The van der Waals surface area contributed by atoms with E-state index in [2.05, 4.69) is 10.1 Å². The van der Waals surface area contributed by atoms with Crippen molar-refractivity contribution in [1.82, 2.24) is 14.8 Å². The molecule has 1 fully saturated rings. The first-order valence-electron chi connectivity index (χ1n) is 6.65. The maximum Gasteiger partial charge on any atom is 0.303 e. The maximum absolute atomic E-state index is 12.2. The van der Waals surface area contributed by atoms with Gasteiger partial charge in [-0.3, -0.25) is 4.79 Å². The number of aryl methyl sites for hydroxylation is 1. The van der Waals surface area contributed by atoms with Gasteiger partial charge in [-0.1, -0.05) is 6.92 Å². The van der Waals surface area contributed by atoms with Crippen molar-refractivity contribution in [2.75, 3.05) is 5.75 Å². The lowest BCUT2D eigenvalue weighted by Crippen LogP contribution is -2.23. The summed E-state index contributed by atoms with van der Waals surface area (Å²) < 4.78 is 26.0. The number of nitrogens with zero attached hydrogens (tertiary/aromatic N) is 3. The molecular weight excluding hydrogens is 282 g/mol. The van der Waals surface area contributed by atoms with Crippen LogP contribution in [-0.4, -0.2) is 40.0 Å². The Kier molecular flexibility index (Phi) is 4.12. The Morgan fingerprint density at radius 1 is 1.50 bits per heavy atom. The summed E-state index contributed by atoms with van der Waals surface area (Å²) in [6.45, 7) is 2.61.